The minimum Gasteiger partial charge on any atom is -1.00 e. The number of rotatable bonds is 2. The lowest BCUT2D eigenvalue weighted by molar-refractivity contribution is -0.570. The van der Waals surface area contributed by atoms with Gasteiger partial charge in [0.15, 0.2) is 12.8 Å². The van der Waals surface area contributed by atoms with Gasteiger partial charge in [0, 0.05) is 0 Å². The summed E-state index contributed by atoms with van der Waals surface area (Å²) in [5.41, 5.74) is 5.11. The smallest absolute Gasteiger partial charge is 0.326 e. The van der Waals surface area contributed by atoms with Gasteiger partial charge in [-0.1, -0.05) is 0 Å². The number of hydrogen-bond acceptors (Lipinski definition) is 4. The molecule has 9 heteroatoms. The molecule has 1 atom stereocenters. The van der Waals surface area contributed by atoms with Gasteiger partial charge < -0.3 is 17.4 Å². The van der Waals surface area contributed by atoms with Gasteiger partial charge in [-0.25, -0.2) is 9.79 Å². The molecule has 1 aromatic heterocycles. The zero-order valence-electron chi connectivity index (χ0n) is 8.48. The van der Waals surface area contributed by atoms with Gasteiger partial charge in [0.1, 0.15) is 10.2 Å². The van der Waals surface area contributed by atoms with Crippen molar-refractivity contribution in [3.63, 3.8) is 0 Å². The largest absolute Gasteiger partial charge is 1.00 e. The molecule has 0 saturated carbocycles. The average molecular weight is 323 g/mol. The van der Waals surface area contributed by atoms with E-state index in [9.17, 15) is 9.59 Å². The molecule has 2 rings (SSSR count). The molecular formula is C8H9BrClN5O2. The van der Waals surface area contributed by atoms with Crippen molar-refractivity contribution in [1.82, 2.24) is 9.97 Å². The first-order valence-electron chi connectivity index (χ1n) is 4.47. The summed E-state index contributed by atoms with van der Waals surface area (Å²) in [6, 6.07) is 0. The van der Waals surface area contributed by atoms with Crippen molar-refractivity contribution in [2.75, 3.05) is 0 Å². The Morgan fingerprint density at radius 1 is 1.47 bits per heavy atom. The molecular weight excluding hydrogens is 313 g/mol. The summed E-state index contributed by atoms with van der Waals surface area (Å²) in [6.45, 7) is 0.306. The Bertz CT molecular complexity index is 590. The van der Waals surface area contributed by atoms with E-state index in [2.05, 4.69) is 30.9 Å². The number of aromatic amines is 2. The van der Waals surface area contributed by atoms with Crippen LogP contribution in [0.15, 0.2) is 19.1 Å². The number of hydrogen-bond donors (Lipinski definition) is 3. The predicted octanol–water partition coefficient (Wildman–Crippen LogP) is -4.26. The molecule has 0 radical (unpaired) electrons. The molecule has 0 spiro atoms. The van der Waals surface area contributed by atoms with Crippen LogP contribution in [0.4, 0.5) is 0 Å². The number of nitrogens with one attached hydrogen (secondary N) is 2. The van der Waals surface area contributed by atoms with Crippen molar-refractivity contribution in [3.8, 4) is 0 Å². The lowest BCUT2D eigenvalue weighted by Gasteiger charge is -2.04. The van der Waals surface area contributed by atoms with Crippen LogP contribution in [0.5, 0.6) is 0 Å². The van der Waals surface area contributed by atoms with E-state index in [-0.39, 0.29) is 12.4 Å². The SMILES string of the molecule is NC1N=CC=[N+]1Cc1[nH]c(=O)[nH]c(=O)c1Br.[Cl-]. The van der Waals surface area contributed by atoms with Crippen LogP contribution in [0, 0.1) is 0 Å². The summed E-state index contributed by atoms with van der Waals surface area (Å²) in [6.07, 6.45) is 2.79. The van der Waals surface area contributed by atoms with Crippen LogP contribution in [0.3, 0.4) is 0 Å². The fourth-order valence-corrected chi connectivity index (χ4v) is 1.67. The Morgan fingerprint density at radius 2 is 2.18 bits per heavy atom. The molecule has 92 valence electrons. The Kier molecular flexibility index (Phi) is 4.38. The highest BCUT2D eigenvalue weighted by atomic mass is 79.9. The fraction of sp³-hybridized carbons (Fsp3) is 0.250. The standard InChI is InChI=1S/C8H8BrN5O2.ClH/c9-5-4(12-8(16)13-6(5)15)3-14-2-1-11-7(14)10;/h1-2,7H,3,10H2,(H-,12,13,15,16);1H. The monoisotopic (exact) mass is 321 g/mol. The van der Waals surface area contributed by atoms with E-state index < -0.39 is 17.5 Å². The third kappa shape index (κ3) is 2.90. The van der Waals surface area contributed by atoms with Crippen molar-refractivity contribution in [1.29, 1.82) is 0 Å². The predicted molar refractivity (Wildman–Crippen MR) is 61.9 cm³/mol. The lowest BCUT2D eigenvalue weighted by atomic mass is 10.4. The Labute approximate surface area is 110 Å². The van der Waals surface area contributed by atoms with Crippen LogP contribution in [0.25, 0.3) is 0 Å². The normalized spacial score (nSPS) is 17.8. The first kappa shape index (κ1) is 13.8. The number of halogens is 2. The van der Waals surface area contributed by atoms with Gasteiger partial charge in [-0.3, -0.25) is 15.5 Å². The minimum absolute atomic E-state index is 0. The molecule has 0 fully saturated rings. The van der Waals surface area contributed by atoms with E-state index in [0.29, 0.717) is 16.7 Å². The van der Waals surface area contributed by atoms with Crippen LogP contribution in [0.1, 0.15) is 5.69 Å². The maximum absolute atomic E-state index is 11.3. The number of aromatic nitrogens is 2. The molecule has 17 heavy (non-hydrogen) atoms. The van der Waals surface area contributed by atoms with Gasteiger partial charge in [-0.2, -0.15) is 4.58 Å². The summed E-state index contributed by atoms with van der Waals surface area (Å²) in [7, 11) is 0. The second-order valence-corrected chi connectivity index (χ2v) is 4.03. The third-order valence-corrected chi connectivity index (χ3v) is 2.97. The molecule has 0 amide bonds. The molecule has 0 aromatic carbocycles. The van der Waals surface area contributed by atoms with E-state index in [4.69, 9.17) is 5.73 Å². The number of nitrogens with two attached hydrogens (primary N) is 1. The van der Waals surface area contributed by atoms with E-state index in [0.717, 1.165) is 0 Å². The topological polar surface area (TPSA) is 107 Å². The van der Waals surface area contributed by atoms with Crippen molar-refractivity contribution < 1.29 is 17.0 Å². The molecule has 7 nitrogen and oxygen atoms in total. The molecule has 1 aliphatic rings. The lowest BCUT2D eigenvalue weighted by Crippen LogP contribution is -3.00. The fourth-order valence-electron chi connectivity index (χ4n) is 1.34. The van der Waals surface area contributed by atoms with Gasteiger partial charge in [-0.05, 0) is 15.9 Å². The van der Waals surface area contributed by atoms with E-state index in [1.807, 2.05) is 0 Å². The first-order chi connectivity index (χ1) is 7.58. The molecule has 0 saturated heterocycles. The molecule has 2 heterocycles. The zero-order valence-corrected chi connectivity index (χ0v) is 10.8. The Morgan fingerprint density at radius 3 is 2.76 bits per heavy atom. The highest BCUT2D eigenvalue weighted by Crippen LogP contribution is 2.08. The molecule has 1 aliphatic heterocycles. The molecule has 1 aromatic rings. The number of aliphatic imine (C=N–C) groups is 1. The Hall–Kier alpha value is -1.25. The average Bonchev–Trinajstić information content (AvgIpc) is 2.60. The van der Waals surface area contributed by atoms with Gasteiger partial charge in [-0.15, -0.1) is 0 Å². The van der Waals surface area contributed by atoms with Crippen LogP contribution in [-0.4, -0.2) is 33.3 Å². The quantitative estimate of drug-likeness (QED) is 0.480. The van der Waals surface area contributed by atoms with E-state index >= 15 is 0 Å². The van der Waals surface area contributed by atoms with Crippen LogP contribution < -0.4 is 29.4 Å². The number of nitrogens with zero attached hydrogens (tertiary/aromatic N) is 2. The Balaban J connectivity index is 0.00000144. The summed E-state index contributed by atoms with van der Waals surface area (Å²) < 4.78 is 1.98. The van der Waals surface area contributed by atoms with E-state index in [1.54, 1.807) is 17.0 Å². The van der Waals surface area contributed by atoms with Crippen LogP contribution in [-0.2, 0) is 6.54 Å². The molecule has 0 aliphatic carbocycles. The molecule has 1 unspecified atom stereocenters. The maximum atomic E-state index is 11.3. The van der Waals surface area contributed by atoms with Crippen molar-refractivity contribution >= 4 is 28.4 Å². The zero-order chi connectivity index (χ0) is 11.7. The minimum atomic E-state index is -0.545. The number of H-pyrrole nitrogens is 2. The molecule has 4 N–H and O–H groups in total. The highest BCUT2D eigenvalue weighted by molar-refractivity contribution is 9.10. The molecule has 0 bridgehead atoms. The summed E-state index contributed by atoms with van der Waals surface area (Å²) >= 11 is 3.11. The van der Waals surface area contributed by atoms with Crippen LogP contribution in [0.2, 0.25) is 0 Å². The summed E-state index contributed by atoms with van der Waals surface area (Å²) in [5.74, 6) is 0. The summed E-state index contributed by atoms with van der Waals surface area (Å²) in [5, 5.41) is 0. The van der Waals surface area contributed by atoms with Crippen molar-refractivity contribution in [2.24, 2.45) is 10.7 Å². The maximum Gasteiger partial charge on any atom is 0.326 e. The summed E-state index contributed by atoms with van der Waals surface area (Å²) in [4.78, 5) is 31.0. The second kappa shape index (κ2) is 5.39. The van der Waals surface area contributed by atoms with Gasteiger partial charge in [0.05, 0.1) is 6.21 Å². The van der Waals surface area contributed by atoms with Gasteiger partial charge in [0.2, 0.25) is 0 Å². The second-order valence-electron chi connectivity index (χ2n) is 3.23. The van der Waals surface area contributed by atoms with Gasteiger partial charge in [0.25, 0.3) is 5.56 Å². The van der Waals surface area contributed by atoms with Crippen molar-refractivity contribution in [2.45, 2.75) is 12.8 Å². The highest BCUT2D eigenvalue weighted by Gasteiger charge is 2.20. The van der Waals surface area contributed by atoms with Crippen LogP contribution >= 0.6 is 15.9 Å². The van der Waals surface area contributed by atoms with Crippen molar-refractivity contribution in [3.05, 3.63) is 31.0 Å². The van der Waals surface area contributed by atoms with E-state index in [1.165, 1.54) is 0 Å². The van der Waals surface area contributed by atoms with Gasteiger partial charge >= 0.3 is 12.0 Å². The first-order valence-corrected chi connectivity index (χ1v) is 5.26. The third-order valence-electron chi connectivity index (χ3n) is 2.13.